The Morgan fingerprint density at radius 2 is 1.95 bits per heavy atom. The van der Waals surface area contributed by atoms with Gasteiger partial charge in [-0.3, -0.25) is 0 Å². The predicted octanol–water partition coefficient (Wildman–Crippen LogP) is 3.10. The van der Waals surface area contributed by atoms with Gasteiger partial charge in [0.05, 0.1) is 4.90 Å². The summed E-state index contributed by atoms with van der Waals surface area (Å²) in [4.78, 5) is 10.8. The minimum Gasteiger partial charge on any atom is -0.479 e. The van der Waals surface area contributed by atoms with E-state index < -0.39 is 22.0 Å². The second kappa shape index (κ2) is 6.77. The molecule has 1 aliphatic carbocycles. The van der Waals surface area contributed by atoms with Gasteiger partial charge in [-0.05, 0) is 36.0 Å². The van der Waals surface area contributed by atoms with Crippen molar-refractivity contribution in [2.75, 3.05) is 6.26 Å². The smallest absolute Gasteiger partial charge is 0.338 e. The summed E-state index contributed by atoms with van der Waals surface area (Å²) in [5.74, 6) is -1.31. The first-order chi connectivity index (χ1) is 10.3. The number of carbonyl (C=O) groups is 1. The number of alkyl halides is 1. The highest BCUT2D eigenvalue weighted by molar-refractivity contribution is 7.90. The van der Waals surface area contributed by atoms with Crippen molar-refractivity contribution in [2.24, 2.45) is 0 Å². The zero-order chi connectivity index (χ0) is 16.3. The highest BCUT2D eigenvalue weighted by Crippen LogP contribution is 2.36. The minimum absolute atomic E-state index is 0.216. The highest BCUT2D eigenvalue weighted by atomic mass is 32.2. The fraction of sp³-hybridized carbons (Fsp3) is 0.562. The van der Waals surface area contributed by atoms with Crippen LogP contribution >= 0.6 is 0 Å². The normalized spacial score (nSPS) is 18.1. The van der Waals surface area contributed by atoms with Gasteiger partial charge in [0, 0.05) is 12.7 Å². The van der Waals surface area contributed by atoms with Crippen molar-refractivity contribution in [2.45, 2.75) is 55.5 Å². The SMILES string of the molecule is CS(=O)(=O)c1cc(CC(F)C(=O)O)ccc1C1CCCCC1. The van der Waals surface area contributed by atoms with Crippen LogP contribution in [0.2, 0.25) is 0 Å². The van der Waals surface area contributed by atoms with Crippen LogP contribution in [0, 0.1) is 0 Å². The van der Waals surface area contributed by atoms with E-state index in [1.807, 2.05) is 0 Å². The van der Waals surface area contributed by atoms with Gasteiger partial charge in [-0.15, -0.1) is 0 Å². The number of hydrogen-bond acceptors (Lipinski definition) is 3. The number of rotatable bonds is 5. The Kier molecular flexibility index (Phi) is 5.21. The third kappa shape index (κ3) is 4.06. The Hall–Kier alpha value is -1.43. The molecule has 1 aromatic carbocycles. The molecule has 6 heteroatoms. The first-order valence-corrected chi connectivity index (χ1v) is 9.38. The zero-order valence-corrected chi connectivity index (χ0v) is 13.4. The standard InChI is InChI=1S/C16H21FO4S/c1-22(20,21)15-10-11(9-14(17)16(18)19)7-8-13(15)12-5-3-2-4-6-12/h7-8,10,12,14H,2-6,9H2,1H3,(H,18,19). The van der Waals surface area contributed by atoms with E-state index in [1.165, 1.54) is 12.5 Å². The molecule has 122 valence electrons. The van der Waals surface area contributed by atoms with E-state index in [0.29, 0.717) is 5.56 Å². The molecule has 0 amide bonds. The molecule has 0 spiro atoms. The lowest BCUT2D eigenvalue weighted by Gasteiger charge is -2.24. The summed E-state index contributed by atoms with van der Waals surface area (Å²) in [6.07, 6.45) is 4.07. The fourth-order valence-electron chi connectivity index (χ4n) is 3.07. The second-order valence-electron chi connectivity index (χ2n) is 5.99. The molecule has 2 rings (SSSR count). The van der Waals surface area contributed by atoms with E-state index in [1.54, 1.807) is 12.1 Å². The van der Waals surface area contributed by atoms with Crippen LogP contribution in [-0.2, 0) is 21.1 Å². The largest absolute Gasteiger partial charge is 0.479 e. The topological polar surface area (TPSA) is 71.4 Å². The molecular weight excluding hydrogens is 307 g/mol. The number of carboxylic acid groups (broad SMARTS) is 1. The lowest BCUT2D eigenvalue weighted by Crippen LogP contribution is -2.18. The molecule has 4 nitrogen and oxygen atoms in total. The van der Waals surface area contributed by atoms with Crippen molar-refractivity contribution >= 4 is 15.8 Å². The van der Waals surface area contributed by atoms with Crippen LogP contribution in [-0.4, -0.2) is 31.9 Å². The maximum Gasteiger partial charge on any atom is 0.338 e. The molecule has 1 atom stereocenters. The molecule has 0 heterocycles. The molecule has 1 aliphatic rings. The number of benzene rings is 1. The van der Waals surface area contributed by atoms with Gasteiger partial charge < -0.3 is 5.11 Å². The summed E-state index contributed by atoms with van der Waals surface area (Å²) >= 11 is 0. The van der Waals surface area contributed by atoms with E-state index in [-0.39, 0.29) is 17.2 Å². The minimum atomic E-state index is -3.43. The van der Waals surface area contributed by atoms with Crippen LogP contribution < -0.4 is 0 Å². The van der Waals surface area contributed by atoms with Crippen LogP contribution in [0.15, 0.2) is 23.1 Å². The summed E-state index contributed by atoms with van der Waals surface area (Å²) in [5, 5.41) is 8.64. The quantitative estimate of drug-likeness (QED) is 0.901. The van der Waals surface area contributed by atoms with E-state index in [0.717, 1.165) is 37.5 Å². The average molecular weight is 328 g/mol. The zero-order valence-electron chi connectivity index (χ0n) is 12.6. The Bertz CT molecular complexity index is 648. The first-order valence-electron chi connectivity index (χ1n) is 7.49. The van der Waals surface area contributed by atoms with Crippen LogP contribution in [0.5, 0.6) is 0 Å². The molecular formula is C16H21FO4S. The Labute approximate surface area is 130 Å². The molecule has 1 saturated carbocycles. The van der Waals surface area contributed by atoms with Gasteiger partial charge in [0.2, 0.25) is 6.17 Å². The maximum absolute atomic E-state index is 13.3. The molecule has 22 heavy (non-hydrogen) atoms. The molecule has 1 aromatic rings. The van der Waals surface area contributed by atoms with Gasteiger partial charge in [-0.2, -0.15) is 0 Å². The molecule has 1 fully saturated rings. The first kappa shape index (κ1) is 16.9. The molecule has 0 aromatic heterocycles. The Morgan fingerprint density at radius 1 is 1.32 bits per heavy atom. The highest BCUT2D eigenvalue weighted by Gasteiger charge is 2.24. The van der Waals surface area contributed by atoms with E-state index in [2.05, 4.69) is 0 Å². The third-order valence-electron chi connectivity index (χ3n) is 4.21. The van der Waals surface area contributed by atoms with Crippen molar-refractivity contribution in [3.05, 3.63) is 29.3 Å². The molecule has 0 aliphatic heterocycles. The van der Waals surface area contributed by atoms with E-state index in [4.69, 9.17) is 5.11 Å². The van der Waals surface area contributed by atoms with Gasteiger partial charge in [0.1, 0.15) is 0 Å². The summed E-state index contributed by atoms with van der Waals surface area (Å²) < 4.78 is 37.5. The lowest BCUT2D eigenvalue weighted by atomic mass is 9.83. The van der Waals surface area contributed by atoms with Crippen molar-refractivity contribution in [3.63, 3.8) is 0 Å². The van der Waals surface area contributed by atoms with Gasteiger partial charge in [-0.1, -0.05) is 31.4 Å². The van der Waals surface area contributed by atoms with Crippen molar-refractivity contribution in [1.29, 1.82) is 0 Å². The summed E-state index contributed by atoms with van der Waals surface area (Å²) in [6, 6.07) is 4.82. The van der Waals surface area contributed by atoms with Gasteiger partial charge in [0.15, 0.2) is 9.84 Å². The summed E-state index contributed by atoms with van der Waals surface area (Å²) in [7, 11) is -3.43. The number of aliphatic carboxylic acids is 1. The monoisotopic (exact) mass is 328 g/mol. The van der Waals surface area contributed by atoms with Crippen LogP contribution in [0.4, 0.5) is 4.39 Å². The molecule has 0 saturated heterocycles. The molecule has 1 unspecified atom stereocenters. The lowest BCUT2D eigenvalue weighted by molar-refractivity contribution is -0.142. The maximum atomic E-state index is 13.3. The van der Waals surface area contributed by atoms with Gasteiger partial charge in [0.25, 0.3) is 0 Å². The number of carboxylic acids is 1. The number of hydrogen-bond donors (Lipinski definition) is 1. The van der Waals surface area contributed by atoms with Crippen LogP contribution in [0.3, 0.4) is 0 Å². The number of sulfone groups is 1. The Balaban J connectivity index is 2.36. The summed E-state index contributed by atoms with van der Waals surface area (Å²) in [6.45, 7) is 0. The van der Waals surface area contributed by atoms with E-state index in [9.17, 15) is 17.6 Å². The summed E-state index contributed by atoms with van der Waals surface area (Å²) in [5.41, 5.74) is 1.19. The average Bonchev–Trinajstić information content (AvgIpc) is 2.47. The second-order valence-corrected chi connectivity index (χ2v) is 7.97. The predicted molar refractivity (Wildman–Crippen MR) is 81.6 cm³/mol. The molecule has 0 radical (unpaired) electrons. The van der Waals surface area contributed by atoms with Crippen molar-refractivity contribution in [1.82, 2.24) is 0 Å². The van der Waals surface area contributed by atoms with E-state index >= 15 is 0 Å². The van der Waals surface area contributed by atoms with Crippen molar-refractivity contribution in [3.8, 4) is 0 Å². The third-order valence-corrected chi connectivity index (χ3v) is 5.36. The van der Waals surface area contributed by atoms with Crippen LogP contribution in [0.25, 0.3) is 0 Å². The van der Waals surface area contributed by atoms with Gasteiger partial charge in [-0.25, -0.2) is 17.6 Å². The van der Waals surface area contributed by atoms with Crippen molar-refractivity contribution < 1.29 is 22.7 Å². The molecule has 1 N–H and O–H groups in total. The van der Waals surface area contributed by atoms with Crippen LogP contribution in [0.1, 0.15) is 49.1 Å². The molecule has 0 bridgehead atoms. The fourth-order valence-corrected chi connectivity index (χ4v) is 4.10. The Morgan fingerprint density at radius 3 is 2.50 bits per heavy atom. The number of halogens is 1. The van der Waals surface area contributed by atoms with Gasteiger partial charge >= 0.3 is 5.97 Å².